The molecule has 2 heterocycles. The number of benzene rings is 3. The summed E-state index contributed by atoms with van der Waals surface area (Å²) in [6, 6.07) is 12.9. The molecular weight excluding hydrogens is 600 g/mol. The summed E-state index contributed by atoms with van der Waals surface area (Å²) in [7, 11) is 0. The largest absolute Gasteiger partial charge is 0.573 e. The number of hydrogen-bond donors (Lipinski definition) is 1. The molecule has 3 aromatic carbocycles. The van der Waals surface area contributed by atoms with Crippen LogP contribution in [-0.4, -0.2) is 32.5 Å². The van der Waals surface area contributed by atoms with Crippen molar-refractivity contribution < 1.29 is 32.0 Å². The molecule has 9 nitrogen and oxygen atoms in total. The molecule has 218 valence electrons. The number of carbonyl (C=O) groups excluding carboxylic acids is 2. The van der Waals surface area contributed by atoms with E-state index in [0.717, 1.165) is 12.1 Å². The number of rotatable bonds is 6. The number of fused-ring (bicyclic) bond motifs is 2. The lowest BCUT2D eigenvalue weighted by Gasteiger charge is -2.24. The summed E-state index contributed by atoms with van der Waals surface area (Å²) in [6.07, 6.45) is -4.97. The molecule has 2 aromatic heterocycles. The Kier molecular flexibility index (Phi) is 7.32. The zero-order valence-electron chi connectivity index (χ0n) is 22.2. The number of alkyl halides is 3. The normalized spacial score (nSPS) is 12.2. The SMILES string of the molecule is CC(=O)NC(=O)C(C)(C)c1ccc(Cl)c(Cn2c(=O)n(-c3noc4cc(Cl)ccc34)c3ccc(OC(F)(F)F)cc32)c1. The lowest BCUT2D eigenvalue weighted by Crippen LogP contribution is -2.42. The highest BCUT2D eigenvalue weighted by Crippen LogP contribution is 2.32. The Labute approximate surface area is 245 Å². The van der Waals surface area contributed by atoms with Gasteiger partial charge in [-0.2, -0.15) is 0 Å². The van der Waals surface area contributed by atoms with E-state index in [1.54, 1.807) is 38.1 Å². The Balaban J connectivity index is 1.69. The van der Waals surface area contributed by atoms with Crippen LogP contribution in [0.25, 0.3) is 27.8 Å². The van der Waals surface area contributed by atoms with Crippen molar-refractivity contribution in [3.63, 3.8) is 0 Å². The Morgan fingerprint density at radius 2 is 1.76 bits per heavy atom. The Morgan fingerprint density at radius 3 is 2.45 bits per heavy atom. The predicted molar refractivity (Wildman–Crippen MR) is 149 cm³/mol. The van der Waals surface area contributed by atoms with Gasteiger partial charge in [-0.1, -0.05) is 40.5 Å². The van der Waals surface area contributed by atoms with Crippen LogP contribution in [0.15, 0.2) is 63.9 Å². The number of imidazole rings is 1. The summed E-state index contributed by atoms with van der Waals surface area (Å²) < 4.78 is 51.1. The van der Waals surface area contributed by atoms with Crippen molar-refractivity contribution in [3.8, 4) is 11.6 Å². The van der Waals surface area contributed by atoms with Gasteiger partial charge in [-0.15, -0.1) is 13.2 Å². The molecule has 0 saturated carbocycles. The van der Waals surface area contributed by atoms with E-state index in [1.807, 2.05) is 0 Å². The number of nitrogens with one attached hydrogen (secondary N) is 1. The molecular formula is C28H21Cl2F3N4O5. The summed E-state index contributed by atoms with van der Waals surface area (Å²) in [5.74, 6) is -1.52. The van der Waals surface area contributed by atoms with E-state index in [2.05, 4.69) is 15.2 Å². The number of ether oxygens (including phenoxy) is 1. The van der Waals surface area contributed by atoms with E-state index in [1.165, 1.54) is 34.3 Å². The Bertz CT molecular complexity index is 1940. The van der Waals surface area contributed by atoms with Crippen LogP contribution in [0.1, 0.15) is 31.9 Å². The first-order valence-corrected chi connectivity index (χ1v) is 13.1. The molecule has 0 spiro atoms. The molecule has 14 heteroatoms. The monoisotopic (exact) mass is 620 g/mol. The number of nitrogens with zero attached hydrogens (tertiary/aromatic N) is 3. The summed E-state index contributed by atoms with van der Waals surface area (Å²) in [5.41, 5.74) is -0.358. The quantitative estimate of drug-likeness (QED) is 0.245. The van der Waals surface area contributed by atoms with E-state index in [0.29, 0.717) is 27.1 Å². The third-order valence-corrected chi connectivity index (χ3v) is 7.32. The van der Waals surface area contributed by atoms with Crippen molar-refractivity contribution >= 4 is 57.0 Å². The zero-order chi connectivity index (χ0) is 30.6. The second kappa shape index (κ2) is 10.5. The Hall–Kier alpha value is -4.29. The number of hydrogen-bond acceptors (Lipinski definition) is 6. The fraction of sp³-hybridized carbons (Fsp3) is 0.214. The van der Waals surface area contributed by atoms with E-state index >= 15 is 0 Å². The molecule has 0 aliphatic carbocycles. The highest BCUT2D eigenvalue weighted by atomic mass is 35.5. The Morgan fingerprint density at radius 1 is 1.02 bits per heavy atom. The van der Waals surface area contributed by atoms with Gasteiger partial charge in [-0.05, 0) is 55.3 Å². The van der Waals surface area contributed by atoms with Gasteiger partial charge in [0.25, 0.3) is 0 Å². The van der Waals surface area contributed by atoms with Gasteiger partial charge < -0.3 is 9.26 Å². The van der Waals surface area contributed by atoms with Gasteiger partial charge in [0.1, 0.15) is 5.75 Å². The van der Waals surface area contributed by atoms with E-state index < -0.39 is 35.0 Å². The first-order chi connectivity index (χ1) is 19.7. The van der Waals surface area contributed by atoms with Gasteiger partial charge in [0.05, 0.1) is 28.4 Å². The van der Waals surface area contributed by atoms with Gasteiger partial charge in [0, 0.05) is 29.1 Å². The molecule has 0 radical (unpaired) electrons. The fourth-order valence-corrected chi connectivity index (χ4v) is 4.89. The van der Waals surface area contributed by atoms with Crippen molar-refractivity contribution in [3.05, 3.63) is 86.3 Å². The summed E-state index contributed by atoms with van der Waals surface area (Å²) in [4.78, 5) is 38.1. The molecule has 0 unspecified atom stereocenters. The second-order valence-electron chi connectivity index (χ2n) is 9.99. The number of imide groups is 1. The van der Waals surface area contributed by atoms with Gasteiger partial charge in [-0.25, -0.2) is 9.36 Å². The van der Waals surface area contributed by atoms with E-state index in [9.17, 15) is 27.6 Å². The minimum Gasteiger partial charge on any atom is -0.406 e. The molecule has 5 rings (SSSR count). The van der Waals surface area contributed by atoms with Crippen molar-refractivity contribution in [2.24, 2.45) is 0 Å². The topological polar surface area (TPSA) is 108 Å². The molecule has 0 saturated heterocycles. The van der Waals surface area contributed by atoms with Crippen molar-refractivity contribution in [2.45, 2.75) is 39.1 Å². The van der Waals surface area contributed by atoms with Crippen LogP contribution in [-0.2, 0) is 21.5 Å². The zero-order valence-corrected chi connectivity index (χ0v) is 23.7. The van der Waals surface area contributed by atoms with Crippen LogP contribution in [0.2, 0.25) is 10.0 Å². The molecule has 0 fully saturated rings. The standard InChI is InChI=1S/C28H21Cl2F3N4O5/c1-14(38)34-25(39)27(2,3)16-4-8-20(30)15(10-16)13-36-22-12-18(41-28(31,32)33)6-9-21(22)37(26(36)40)24-19-7-5-17(29)11-23(19)42-35-24/h4-12H,13H2,1-3H3,(H,34,38,39). The van der Waals surface area contributed by atoms with Gasteiger partial charge >= 0.3 is 12.1 Å². The average Bonchev–Trinajstić information content (AvgIpc) is 3.41. The highest BCUT2D eigenvalue weighted by molar-refractivity contribution is 6.31. The molecule has 42 heavy (non-hydrogen) atoms. The first-order valence-electron chi connectivity index (χ1n) is 12.3. The second-order valence-corrected chi connectivity index (χ2v) is 10.8. The third kappa shape index (κ3) is 5.47. The molecule has 0 aliphatic heterocycles. The first kappa shape index (κ1) is 29.2. The average molecular weight is 621 g/mol. The van der Waals surface area contributed by atoms with Crippen LogP contribution >= 0.6 is 23.2 Å². The maximum atomic E-state index is 13.9. The van der Waals surface area contributed by atoms with E-state index in [-0.39, 0.29) is 28.4 Å². The predicted octanol–water partition coefficient (Wildman–Crippen LogP) is 6.13. The fourth-order valence-electron chi connectivity index (χ4n) is 4.55. The maximum absolute atomic E-state index is 13.9. The van der Waals surface area contributed by atoms with Crippen LogP contribution in [0, 0.1) is 0 Å². The molecule has 0 aliphatic rings. The summed E-state index contributed by atoms with van der Waals surface area (Å²) in [6.45, 7) is 4.24. The number of amides is 2. The smallest absolute Gasteiger partial charge is 0.406 e. The van der Waals surface area contributed by atoms with Crippen molar-refractivity contribution in [1.82, 2.24) is 19.6 Å². The van der Waals surface area contributed by atoms with Crippen LogP contribution in [0.5, 0.6) is 5.75 Å². The lowest BCUT2D eigenvalue weighted by atomic mass is 9.83. The molecule has 5 aromatic rings. The minimum atomic E-state index is -4.97. The molecule has 1 N–H and O–H groups in total. The summed E-state index contributed by atoms with van der Waals surface area (Å²) >= 11 is 12.5. The van der Waals surface area contributed by atoms with Crippen LogP contribution in [0.4, 0.5) is 13.2 Å². The minimum absolute atomic E-state index is 0.0851. The molecule has 0 atom stereocenters. The number of halogens is 5. The number of aromatic nitrogens is 3. The molecule has 2 amide bonds. The van der Waals surface area contributed by atoms with Crippen LogP contribution < -0.4 is 15.7 Å². The summed E-state index contributed by atoms with van der Waals surface area (Å²) in [5, 5.41) is 7.35. The van der Waals surface area contributed by atoms with Crippen molar-refractivity contribution in [2.75, 3.05) is 0 Å². The number of carbonyl (C=O) groups is 2. The highest BCUT2D eigenvalue weighted by Gasteiger charge is 2.33. The van der Waals surface area contributed by atoms with E-state index in [4.69, 9.17) is 27.7 Å². The van der Waals surface area contributed by atoms with Crippen LogP contribution in [0.3, 0.4) is 0 Å². The molecule has 0 bridgehead atoms. The van der Waals surface area contributed by atoms with Gasteiger partial charge in [0.2, 0.25) is 11.8 Å². The maximum Gasteiger partial charge on any atom is 0.573 e. The van der Waals surface area contributed by atoms with Gasteiger partial charge in [0.15, 0.2) is 11.4 Å². The van der Waals surface area contributed by atoms with Crippen molar-refractivity contribution in [1.29, 1.82) is 0 Å². The lowest BCUT2D eigenvalue weighted by molar-refractivity contribution is -0.274. The third-order valence-electron chi connectivity index (χ3n) is 6.71. The van der Waals surface area contributed by atoms with Gasteiger partial charge in [-0.3, -0.25) is 19.5 Å².